The highest BCUT2D eigenvalue weighted by Gasteiger charge is 2.50. The van der Waals surface area contributed by atoms with E-state index in [4.69, 9.17) is 17.0 Å². The zero-order valence-corrected chi connectivity index (χ0v) is 15.9. The third-order valence-electron chi connectivity index (χ3n) is 5.86. The monoisotopic (exact) mass is 340 g/mol. The number of hydrogen-bond acceptors (Lipinski definition) is 2. The van der Waals surface area contributed by atoms with E-state index in [2.05, 4.69) is 31.0 Å². The molecule has 5 heteroatoms. The number of likely N-dealkylation sites (tertiary alicyclic amines) is 1. The van der Waals surface area contributed by atoms with E-state index in [1.807, 2.05) is 0 Å². The number of nitrogens with one attached hydrogen (secondary N) is 2. The summed E-state index contributed by atoms with van der Waals surface area (Å²) in [6.45, 7) is 14.8. The highest BCUT2D eigenvalue weighted by molar-refractivity contribution is 7.80. The molecule has 0 aromatic heterocycles. The molecule has 0 radical (unpaired) electrons. The molecule has 1 saturated carbocycles. The van der Waals surface area contributed by atoms with Crippen LogP contribution in [0.5, 0.6) is 0 Å². The number of quaternary nitrogens is 1. The molecule has 0 aromatic carbocycles. The molecule has 0 spiro atoms. The molecule has 2 saturated heterocycles. The number of thiocarbonyl (C=S) groups is 1. The molecular formula is C18H34N3OS+. The average Bonchev–Trinajstić information content (AvgIpc) is 2.73. The zero-order chi connectivity index (χ0) is 16.5. The van der Waals surface area contributed by atoms with Gasteiger partial charge in [-0.25, -0.2) is 0 Å². The minimum absolute atomic E-state index is 0.454. The van der Waals surface area contributed by atoms with E-state index in [9.17, 15) is 0 Å². The number of ether oxygens (including phenoxy) is 1. The normalized spacial score (nSPS) is 33.7. The molecule has 1 aliphatic carbocycles. The Morgan fingerprint density at radius 3 is 2.74 bits per heavy atom. The molecule has 2 bridgehead atoms. The van der Waals surface area contributed by atoms with E-state index in [1.54, 1.807) is 4.90 Å². The first-order valence-corrected chi connectivity index (χ1v) is 9.74. The van der Waals surface area contributed by atoms with Crippen LogP contribution >= 0.6 is 12.2 Å². The predicted octanol–water partition coefficient (Wildman–Crippen LogP) is 1.07. The second-order valence-electron chi connectivity index (χ2n) is 9.04. The van der Waals surface area contributed by atoms with Crippen molar-refractivity contribution in [3.63, 3.8) is 0 Å². The molecule has 0 aromatic rings. The van der Waals surface area contributed by atoms with Gasteiger partial charge in [-0.1, -0.05) is 20.8 Å². The maximum absolute atomic E-state index is 5.72. The van der Waals surface area contributed by atoms with Gasteiger partial charge in [0, 0.05) is 25.6 Å². The van der Waals surface area contributed by atoms with Gasteiger partial charge in [-0.2, -0.15) is 0 Å². The Hall–Kier alpha value is -0.390. The van der Waals surface area contributed by atoms with Crippen LogP contribution in [-0.4, -0.2) is 62.0 Å². The molecule has 2 heterocycles. The molecule has 2 aliphatic heterocycles. The van der Waals surface area contributed by atoms with Crippen molar-refractivity contribution in [1.82, 2.24) is 10.2 Å². The predicted molar refractivity (Wildman–Crippen MR) is 97.8 cm³/mol. The van der Waals surface area contributed by atoms with Gasteiger partial charge in [0.05, 0.1) is 19.8 Å². The number of rotatable bonds is 4. The summed E-state index contributed by atoms with van der Waals surface area (Å²) in [6, 6.07) is 0.647. The molecule has 0 unspecified atom stereocenters. The van der Waals surface area contributed by atoms with Crippen LogP contribution in [0.2, 0.25) is 0 Å². The van der Waals surface area contributed by atoms with Gasteiger partial charge in [0.1, 0.15) is 13.1 Å². The lowest BCUT2D eigenvalue weighted by Gasteiger charge is -2.39. The smallest absolute Gasteiger partial charge is 0.169 e. The second-order valence-corrected chi connectivity index (χ2v) is 9.43. The fraction of sp³-hybridized carbons (Fsp3) is 0.944. The fourth-order valence-electron chi connectivity index (χ4n) is 5.24. The van der Waals surface area contributed by atoms with Crippen LogP contribution in [-0.2, 0) is 4.74 Å². The minimum atomic E-state index is 0.454. The highest BCUT2D eigenvalue weighted by Crippen LogP contribution is 2.52. The number of nitrogens with zero attached hydrogens (tertiary/aromatic N) is 1. The molecule has 3 fully saturated rings. The van der Waals surface area contributed by atoms with E-state index in [0.717, 1.165) is 44.5 Å². The molecule has 2 N–H and O–H groups in total. The summed E-state index contributed by atoms with van der Waals surface area (Å²) in [7, 11) is 0. The summed E-state index contributed by atoms with van der Waals surface area (Å²) >= 11 is 5.72. The van der Waals surface area contributed by atoms with E-state index in [1.165, 1.54) is 32.2 Å². The topological polar surface area (TPSA) is 28.9 Å². The lowest BCUT2D eigenvalue weighted by atomic mass is 9.65. The molecule has 4 nitrogen and oxygen atoms in total. The zero-order valence-electron chi connectivity index (χ0n) is 15.1. The standard InChI is InChI=1S/C18H33N3OS/c1-17(2)11-15-12-18(3,13-17)14-21(15)16(23)19-5-4-6-20-7-9-22-10-8-20/h15H,4-14H2,1-3H3,(H,19,23)/p+1/t15-,18-/m1/s1. The summed E-state index contributed by atoms with van der Waals surface area (Å²) in [6.07, 6.45) is 5.12. The van der Waals surface area contributed by atoms with Crippen LogP contribution in [0.4, 0.5) is 0 Å². The maximum atomic E-state index is 5.72. The number of hydrogen-bond donors (Lipinski definition) is 2. The number of morpholine rings is 1. The van der Waals surface area contributed by atoms with Gasteiger partial charge in [-0.05, 0) is 42.3 Å². The highest BCUT2D eigenvalue weighted by atomic mass is 32.1. The quantitative estimate of drug-likeness (QED) is 0.592. The lowest BCUT2D eigenvalue weighted by Crippen LogP contribution is -3.14. The van der Waals surface area contributed by atoms with E-state index in [-0.39, 0.29) is 0 Å². The lowest BCUT2D eigenvalue weighted by molar-refractivity contribution is -0.908. The average molecular weight is 341 g/mol. The summed E-state index contributed by atoms with van der Waals surface area (Å²) in [5.74, 6) is 0. The van der Waals surface area contributed by atoms with E-state index < -0.39 is 0 Å². The van der Waals surface area contributed by atoms with Crippen molar-refractivity contribution in [2.75, 3.05) is 45.9 Å². The van der Waals surface area contributed by atoms with Crippen molar-refractivity contribution < 1.29 is 9.64 Å². The van der Waals surface area contributed by atoms with Crippen molar-refractivity contribution in [2.24, 2.45) is 10.8 Å². The van der Waals surface area contributed by atoms with Gasteiger partial charge in [0.2, 0.25) is 0 Å². The third-order valence-corrected chi connectivity index (χ3v) is 6.24. The SMILES string of the molecule is CC1(C)C[C@@H]2C[C@@](C)(CN2C(=S)NCCC[NH+]2CCOCC2)C1. The first-order chi connectivity index (χ1) is 10.9. The van der Waals surface area contributed by atoms with Gasteiger partial charge in [0.25, 0.3) is 0 Å². The van der Waals surface area contributed by atoms with Crippen molar-refractivity contribution in [1.29, 1.82) is 0 Å². The molecule has 132 valence electrons. The molecule has 3 aliphatic rings. The second kappa shape index (κ2) is 6.85. The molecular weight excluding hydrogens is 306 g/mol. The number of fused-ring (bicyclic) bond motifs is 2. The first-order valence-electron chi connectivity index (χ1n) is 9.33. The van der Waals surface area contributed by atoms with Gasteiger partial charge < -0.3 is 19.9 Å². The summed E-state index contributed by atoms with van der Waals surface area (Å²) in [4.78, 5) is 4.17. The van der Waals surface area contributed by atoms with E-state index in [0.29, 0.717) is 16.9 Å². The summed E-state index contributed by atoms with van der Waals surface area (Å²) in [5.41, 5.74) is 0.915. The first kappa shape index (κ1) is 17.4. The third kappa shape index (κ3) is 4.37. The van der Waals surface area contributed by atoms with Crippen LogP contribution < -0.4 is 10.2 Å². The van der Waals surface area contributed by atoms with Crippen molar-refractivity contribution in [3.8, 4) is 0 Å². The van der Waals surface area contributed by atoms with Gasteiger partial charge in [-0.3, -0.25) is 0 Å². The molecule has 23 heavy (non-hydrogen) atoms. The fourth-order valence-corrected chi connectivity index (χ4v) is 5.56. The Morgan fingerprint density at radius 1 is 1.26 bits per heavy atom. The van der Waals surface area contributed by atoms with Crippen LogP contribution in [0.25, 0.3) is 0 Å². The van der Waals surface area contributed by atoms with Crippen molar-refractivity contribution in [3.05, 3.63) is 0 Å². The van der Waals surface area contributed by atoms with Gasteiger partial charge >= 0.3 is 0 Å². The Kier molecular flexibility index (Phi) is 5.19. The van der Waals surface area contributed by atoms with Crippen LogP contribution in [0.1, 0.15) is 46.5 Å². The molecule has 3 rings (SSSR count). The van der Waals surface area contributed by atoms with Gasteiger partial charge in [0.15, 0.2) is 5.11 Å². The summed E-state index contributed by atoms with van der Waals surface area (Å²) < 4.78 is 5.41. The van der Waals surface area contributed by atoms with Crippen molar-refractivity contribution in [2.45, 2.75) is 52.5 Å². The molecule has 0 amide bonds. The Bertz CT molecular complexity index is 436. The van der Waals surface area contributed by atoms with Gasteiger partial charge in [-0.15, -0.1) is 0 Å². The van der Waals surface area contributed by atoms with Crippen LogP contribution in [0, 0.1) is 10.8 Å². The van der Waals surface area contributed by atoms with Crippen LogP contribution in [0.3, 0.4) is 0 Å². The minimum Gasteiger partial charge on any atom is -0.370 e. The Morgan fingerprint density at radius 2 is 2.00 bits per heavy atom. The molecule has 2 atom stereocenters. The van der Waals surface area contributed by atoms with Crippen LogP contribution in [0.15, 0.2) is 0 Å². The van der Waals surface area contributed by atoms with Crippen molar-refractivity contribution >= 4 is 17.3 Å². The Balaban J connectivity index is 1.42. The van der Waals surface area contributed by atoms with E-state index >= 15 is 0 Å². The maximum Gasteiger partial charge on any atom is 0.169 e. The Labute approximate surface area is 146 Å². The largest absolute Gasteiger partial charge is 0.370 e. The summed E-state index contributed by atoms with van der Waals surface area (Å²) in [5, 5.41) is 4.53.